The largest absolute Gasteiger partial charge is 0.355 e. The molecule has 0 saturated heterocycles. The Hall–Kier alpha value is -1.18. The van der Waals surface area contributed by atoms with Gasteiger partial charge in [0.25, 0.3) is 0 Å². The van der Waals surface area contributed by atoms with Crippen molar-refractivity contribution in [2.24, 2.45) is 0 Å². The predicted octanol–water partition coefficient (Wildman–Crippen LogP) is 4.14. The maximum absolute atomic E-state index is 12.1. The van der Waals surface area contributed by atoms with Gasteiger partial charge in [-0.05, 0) is 49.9 Å². The molecule has 0 bridgehead atoms. The first-order valence-electron chi connectivity index (χ1n) is 8.93. The highest BCUT2D eigenvalue weighted by Gasteiger charge is 2.36. The Morgan fingerprint density at radius 2 is 1.92 bits per heavy atom. The third kappa shape index (κ3) is 4.75. The normalized spacial score (nSPS) is 16.7. The van der Waals surface area contributed by atoms with Gasteiger partial charge < -0.3 is 9.88 Å². The molecule has 0 atom stereocenters. The number of carbonyl (C=O) groups excluding carboxylic acids is 1. The van der Waals surface area contributed by atoms with Gasteiger partial charge in [0.15, 0.2) is 5.16 Å². The Labute approximate surface area is 166 Å². The Balaban J connectivity index is 1.20. The fourth-order valence-corrected chi connectivity index (χ4v) is 4.49. The third-order valence-corrected chi connectivity index (χ3v) is 6.59. The molecule has 5 nitrogen and oxygen atoms in total. The number of thioether (sulfide) groups is 2. The first kappa shape index (κ1) is 18.2. The molecule has 1 aromatic heterocycles. The van der Waals surface area contributed by atoms with Gasteiger partial charge in [-0.3, -0.25) is 4.79 Å². The molecule has 1 heterocycles. The Morgan fingerprint density at radius 3 is 2.62 bits per heavy atom. The van der Waals surface area contributed by atoms with E-state index in [1.54, 1.807) is 11.8 Å². The molecule has 26 heavy (non-hydrogen) atoms. The van der Waals surface area contributed by atoms with Gasteiger partial charge in [-0.1, -0.05) is 23.4 Å². The van der Waals surface area contributed by atoms with Crippen molar-refractivity contribution >= 4 is 41.0 Å². The molecule has 1 amide bonds. The molecule has 1 N–H and O–H groups in total. The zero-order valence-electron chi connectivity index (χ0n) is 14.4. The van der Waals surface area contributed by atoms with Gasteiger partial charge in [-0.25, -0.2) is 0 Å². The highest BCUT2D eigenvalue weighted by Crippen LogP contribution is 2.45. The van der Waals surface area contributed by atoms with E-state index in [0.717, 1.165) is 26.7 Å². The monoisotopic (exact) mass is 408 g/mol. The van der Waals surface area contributed by atoms with E-state index in [0.29, 0.717) is 24.3 Å². The summed E-state index contributed by atoms with van der Waals surface area (Å²) >= 11 is 9.09. The fraction of sp³-hybridized carbons (Fsp3) is 0.500. The zero-order valence-corrected chi connectivity index (χ0v) is 16.7. The Morgan fingerprint density at radius 1 is 1.15 bits per heavy atom. The molecule has 0 spiro atoms. The Kier molecular flexibility index (Phi) is 5.76. The number of halogens is 1. The minimum absolute atomic E-state index is 0.0463. The minimum Gasteiger partial charge on any atom is -0.355 e. The van der Waals surface area contributed by atoms with Gasteiger partial charge in [-0.15, -0.1) is 22.0 Å². The van der Waals surface area contributed by atoms with Crippen molar-refractivity contribution in [3.05, 3.63) is 35.1 Å². The SMILES string of the molecule is O=C(CSc1nnc(C2CC2)n1C1CC1)NCCSc1ccc(Cl)cc1. The maximum Gasteiger partial charge on any atom is 0.230 e. The molecule has 2 aliphatic carbocycles. The maximum atomic E-state index is 12.1. The van der Waals surface area contributed by atoms with Crippen molar-refractivity contribution in [3.63, 3.8) is 0 Å². The smallest absolute Gasteiger partial charge is 0.230 e. The summed E-state index contributed by atoms with van der Waals surface area (Å²) in [4.78, 5) is 13.3. The van der Waals surface area contributed by atoms with Crippen LogP contribution in [0, 0.1) is 0 Å². The number of nitrogens with zero attached hydrogens (tertiary/aromatic N) is 3. The van der Waals surface area contributed by atoms with Crippen molar-refractivity contribution in [3.8, 4) is 0 Å². The van der Waals surface area contributed by atoms with Gasteiger partial charge in [0.2, 0.25) is 5.91 Å². The molecular formula is C18H21ClN4OS2. The number of rotatable bonds is 9. The van der Waals surface area contributed by atoms with Crippen LogP contribution in [0.15, 0.2) is 34.3 Å². The summed E-state index contributed by atoms with van der Waals surface area (Å²) < 4.78 is 2.28. The van der Waals surface area contributed by atoms with Crippen LogP contribution in [0.5, 0.6) is 0 Å². The van der Waals surface area contributed by atoms with E-state index in [1.165, 1.54) is 37.4 Å². The van der Waals surface area contributed by atoms with E-state index in [9.17, 15) is 4.79 Å². The number of hydrogen-bond donors (Lipinski definition) is 1. The highest BCUT2D eigenvalue weighted by atomic mass is 35.5. The quantitative estimate of drug-likeness (QED) is 0.499. The fourth-order valence-electron chi connectivity index (χ4n) is 2.75. The lowest BCUT2D eigenvalue weighted by Gasteiger charge is -2.08. The molecule has 2 aromatic rings. The summed E-state index contributed by atoms with van der Waals surface area (Å²) in [5.41, 5.74) is 0. The van der Waals surface area contributed by atoms with Crippen LogP contribution in [0.1, 0.15) is 43.5 Å². The van der Waals surface area contributed by atoms with Crippen LogP contribution in [0.3, 0.4) is 0 Å². The summed E-state index contributed by atoms with van der Waals surface area (Å²) in [6.07, 6.45) is 4.86. The van der Waals surface area contributed by atoms with E-state index in [4.69, 9.17) is 11.6 Å². The van der Waals surface area contributed by atoms with E-state index in [1.807, 2.05) is 24.3 Å². The summed E-state index contributed by atoms with van der Waals surface area (Å²) in [5, 5.41) is 13.3. The van der Waals surface area contributed by atoms with Crippen molar-refractivity contribution in [2.45, 2.75) is 47.7 Å². The second-order valence-corrected chi connectivity index (χ2v) is 9.20. The molecule has 0 unspecified atom stereocenters. The number of hydrogen-bond acceptors (Lipinski definition) is 5. The summed E-state index contributed by atoms with van der Waals surface area (Å²) in [7, 11) is 0. The first-order valence-corrected chi connectivity index (χ1v) is 11.3. The average molecular weight is 409 g/mol. The van der Waals surface area contributed by atoms with Gasteiger partial charge >= 0.3 is 0 Å². The molecule has 0 radical (unpaired) electrons. The molecule has 8 heteroatoms. The van der Waals surface area contributed by atoms with Crippen molar-refractivity contribution in [2.75, 3.05) is 18.1 Å². The lowest BCUT2D eigenvalue weighted by molar-refractivity contribution is -0.118. The van der Waals surface area contributed by atoms with Crippen LogP contribution in [0.2, 0.25) is 5.02 Å². The van der Waals surface area contributed by atoms with Crippen molar-refractivity contribution in [1.82, 2.24) is 20.1 Å². The topological polar surface area (TPSA) is 59.8 Å². The lowest BCUT2D eigenvalue weighted by atomic mass is 10.4. The first-order chi connectivity index (χ1) is 12.7. The predicted molar refractivity (Wildman–Crippen MR) is 106 cm³/mol. The zero-order chi connectivity index (χ0) is 17.9. The van der Waals surface area contributed by atoms with Crippen LogP contribution >= 0.6 is 35.1 Å². The number of amides is 1. The second-order valence-electron chi connectivity index (χ2n) is 6.66. The van der Waals surface area contributed by atoms with Crippen LogP contribution < -0.4 is 5.32 Å². The van der Waals surface area contributed by atoms with E-state index < -0.39 is 0 Å². The van der Waals surface area contributed by atoms with Gasteiger partial charge in [-0.2, -0.15) is 0 Å². The Bertz CT molecular complexity index is 772. The van der Waals surface area contributed by atoms with E-state index in [2.05, 4.69) is 20.1 Å². The van der Waals surface area contributed by atoms with Crippen molar-refractivity contribution < 1.29 is 4.79 Å². The number of carbonyl (C=O) groups is 1. The van der Waals surface area contributed by atoms with Gasteiger partial charge in [0, 0.05) is 34.2 Å². The number of aromatic nitrogens is 3. The lowest BCUT2D eigenvalue weighted by Crippen LogP contribution is -2.27. The number of nitrogens with one attached hydrogen (secondary N) is 1. The van der Waals surface area contributed by atoms with Gasteiger partial charge in [0.05, 0.1) is 5.75 Å². The van der Waals surface area contributed by atoms with Crippen molar-refractivity contribution in [1.29, 1.82) is 0 Å². The average Bonchev–Trinajstić information content (AvgIpc) is 3.57. The minimum atomic E-state index is 0.0463. The second kappa shape index (κ2) is 8.23. The molecule has 138 valence electrons. The third-order valence-electron chi connectivity index (χ3n) is 4.38. The molecule has 0 aliphatic heterocycles. The molecular weight excluding hydrogens is 388 g/mol. The van der Waals surface area contributed by atoms with Crippen LogP contribution in [0.4, 0.5) is 0 Å². The molecule has 1 aromatic carbocycles. The molecule has 2 fully saturated rings. The van der Waals surface area contributed by atoms with Gasteiger partial charge in [0.1, 0.15) is 5.82 Å². The van der Waals surface area contributed by atoms with Crippen LogP contribution in [-0.4, -0.2) is 38.7 Å². The molecule has 2 saturated carbocycles. The summed E-state index contributed by atoms with van der Waals surface area (Å²) in [6.45, 7) is 0.648. The standard InChI is InChI=1S/C18H21ClN4OS2/c19-13-3-7-15(8-4-13)25-10-9-20-16(24)11-26-18-22-21-17(12-1-2-12)23(18)14-5-6-14/h3-4,7-8,12,14H,1-2,5-6,9-11H2,(H,20,24). The van der Waals surface area contributed by atoms with E-state index >= 15 is 0 Å². The summed E-state index contributed by atoms with van der Waals surface area (Å²) in [6, 6.07) is 8.30. The number of benzene rings is 1. The molecule has 4 rings (SSSR count). The van der Waals surface area contributed by atoms with E-state index in [-0.39, 0.29) is 5.91 Å². The van der Waals surface area contributed by atoms with Crippen LogP contribution in [0.25, 0.3) is 0 Å². The molecule has 2 aliphatic rings. The van der Waals surface area contributed by atoms with Crippen LogP contribution in [-0.2, 0) is 4.79 Å². The highest BCUT2D eigenvalue weighted by molar-refractivity contribution is 7.99. The summed E-state index contributed by atoms with van der Waals surface area (Å²) in [5.74, 6) is 3.00.